The topological polar surface area (TPSA) is 81.6 Å². The molecular weight excluding hydrogens is 216 g/mol. The lowest BCUT2D eigenvalue weighted by Gasteiger charge is -2.02. The molecule has 0 aliphatic heterocycles. The van der Waals surface area contributed by atoms with Gasteiger partial charge in [0, 0.05) is 6.20 Å². The third-order valence-corrected chi connectivity index (χ3v) is 2.23. The molecule has 0 saturated heterocycles. The fraction of sp³-hybridized carbons (Fsp3) is 0.0833. The van der Waals surface area contributed by atoms with Crippen molar-refractivity contribution in [2.24, 2.45) is 0 Å². The molecule has 0 aliphatic carbocycles. The van der Waals surface area contributed by atoms with Gasteiger partial charge in [0.1, 0.15) is 0 Å². The molecule has 5 heteroatoms. The van der Waals surface area contributed by atoms with Crippen LogP contribution in [0.2, 0.25) is 0 Å². The van der Waals surface area contributed by atoms with Gasteiger partial charge in [0.2, 0.25) is 5.91 Å². The van der Waals surface area contributed by atoms with E-state index in [2.05, 4.69) is 15.5 Å². The standard InChI is InChI=1S/C12H10N4O/c13-6-10-3-1-9(2-4-10)5-12(17)16-11-7-14-15-8-11/h1-4,7-8H,5H2,(H,14,15)(H,16,17). The van der Waals surface area contributed by atoms with E-state index in [1.807, 2.05) is 6.07 Å². The van der Waals surface area contributed by atoms with Gasteiger partial charge in [-0.3, -0.25) is 9.89 Å². The highest BCUT2D eigenvalue weighted by Crippen LogP contribution is 2.06. The Bertz CT molecular complexity index is 537. The van der Waals surface area contributed by atoms with E-state index in [0.717, 1.165) is 5.56 Å². The molecule has 0 saturated carbocycles. The molecule has 17 heavy (non-hydrogen) atoms. The number of rotatable bonds is 3. The van der Waals surface area contributed by atoms with Gasteiger partial charge in [-0.05, 0) is 17.7 Å². The van der Waals surface area contributed by atoms with Gasteiger partial charge in [0.15, 0.2) is 0 Å². The summed E-state index contributed by atoms with van der Waals surface area (Å²) in [6.45, 7) is 0. The molecule has 0 spiro atoms. The number of aromatic nitrogens is 2. The van der Waals surface area contributed by atoms with Gasteiger partial charge < -0.3 is 5.32 Å². The number of H-pyrrole nitrogens is 1. The first-order valence-electron chi connectivity index (χ1n) is 5.05. The number of carbonyl (C=O) groups excluding carboxylic acids is 1. The van der Waals surface area contributed by atoms with Crippen LogP contribution in [0.15, 0.2) is 36.7 Å². The van der Waals surface area contributed by atoms with Crippen LogP contribution in [-0.4, -0.2) is 16.1 Å². The molecule has 1 heterocycles. The second kappa shape index (κ2) is 4.94. The molecule has 2 rings (SSSR count). The monoisotopic (exact) mass is 226 g/mol. The van der Waals surface area contributed by atoms with E-state index in [0.29, 0.717) is 11.3 Å². The fourth-order valence-corrected chi connectivity index (χ4v) is 1.41. The maximum atomic E-state index is 11.6. The molecule has 0 fully saturated rings. The fourth-order valence-electron chi connectivity index (χ4n) is 1.41. The molecule has 5 nitrogen and oxygen atoms in total. The Labute approximate surface area is 98.1 Å². The number of nitrogens with one attached hydrogen (secondary N) is 2. The van der Waals surface area contributed by atoms with E-state index in [9.17, 15) is 4.79 Å². The molecule has 0 radical (unpaired) electrons. The number of nitrogens with zero attached hydrogens (tertiary/aromatic N) is 2. The Hall–Kier alpha value is -2.61. The third-order valence-electron chi connectivity index (χ3n) is 2.23. The van der Waals surface area contributed by atoms with Crippen LogP contribution in [0, 0.1) is 11.3 Å². The van der Waals surface area contributed by atoms with Crippen molar-refractivity contribution in [2.75, 3.05) is 5.32 Å². The first kappa shape index (κ1) is 10.9. The predicted molar refractivity (Wildman–Crippen MR) is 62.1 cm³/mol. The van der Waals surface area contributed by atoms with Crippen LogP contribution in [0.1, 0.15) is 11.1 Å². The predicted octanol–water partition coefficient (Wildman–Crippen LogP) is 1.46. The summed E-state index contributed by atoms with van der Waals surface area (Å²) in [5.41, 5.74) is 2.10. The molecule has 1 aromatic heterocycles. The highest BCUT2D eigenvalue weighted by atomic mass is 16.1. The zero-order valence-electron chi connectivity index (χ0n) is 8.97. The summed E-state index contributed by atoms with van der Waals surface area (Å²) < 4.78 is 0. The Morgan fingerprint density at radius 2 is 2.18 bits per heavy atom. The number of hydrogen-bond donors (Lipinski definition) is 2. The largest absolute Gasteiger partial charge is 0.323 e. The number of anilines is 1. The van der Waals surface area contributed by atoms with E-state index in [-0.39, 0.29) is 12.3 Å². The third kappa shape index (κ3) is 2.92. The Balaban J connectivity index is 1.96. The molecule has 0 aliphatic rings. The van der Waals surface area contributed by atoms with Gasteiger partial charge in [-0.1, -0.05) is 12.1 Å². The van der Waals surface area contributed by atoms with Crippen molar-refractivity contribution in [3.8, 4) is 6.07 Å². The molecule has 0 unspecified atom stereocenters. The summed E-state index contributed by atoms with van der Waals surface area (Å²) in [5, 5.41) is 17.7. The van der Waals surface area contributed by atoms with Crippen molar-refractivity contribution in [3.63, 3.8) is 0 Å². The minimum absolute atomic E-state index is 0.115. The summed E-state index contributed by atoms with van der Waals surface area (Å²) in [6, 6.07) is 8.96. The highest BCUT2D eigenvalue weighted by molar-refractivity contribution is 5.91. The number of carbonyl (C=O) groups is 1. The number of aromatic amines is 1. The molecule has 1 aromatic carbocycles. The zero-order valence-corrected chi connectivity index (χ0v) is 8.97. The average molecular weight is 226 g/mol. The second-order valence-electron chi connectivity index (χ2n) is 3.52. The number of hydrogen-bond acceptors (Lipinski definition) is 3. The lowest BCUT2D eigenvalue weighted by Crippen LogP contribution is -2.13. The Morgan fingerprint density at radius 3 is 2.76 bits per heavy atom. The van der Waals surface area contributed by atoms with Gasteiger partial charge in [-0.2, -0.15) is 10.4 Å². The average Bonchev–Trinajstić information content (AvgIpc) is 2.82. The van der Waals surface area contributed by atoms with E-state index in [1.54, 1.807) is 30.5 Å². The van der Waals surface area contributed by atoms with Crippen molar-refractivity contribution in [3.05, 3.63) is 47.8 Å². The summed E-state index contributed by atoms with van der Waals surface area (Å²) in [7, 11) is 0. The smallest absolute Gasteiger partial charge is 0.228 e. The van der Waals surface area contributed by atoms with Gasteiger partial charge in [0.25, 0.3) is 0 Å². The number of amides is 1. The normalized spacial score (nSPS) is 9.59. The SMILES string of the molecule is N#Cc1ccc(CC(=O)Nc2cn[nH]c2)cc1. The molecule has 0 atom stereocenters. The van der Waals surface area contributed by atoms with Gasteiger partial charge in [-0.25, -0.2) is 0 Å². The van der Waals surface area contributed by atoms with Crippen molar-refractivity contribution >= 4 is 11.6 Å². The number of nitriles is 1. The van der Waals surface area contributed by atoms with Crippen molar-refractivity contribution in [1.29, 1.82) is 5.26 Å². The number of benzene rings is 1. The van der Waals surface area contributed by atoms with Crippen LogP contribution in [-0.2, 0) is 11.2 Å². The van der Waals surface area contributed by atoms with Crippen LogP contribution in [0.4, 0.5) is 5.69 Å². The van der Waals surface area contributed by atoms with Gasteiger partial charge in [-0.15, -0.1) is 0 Å². The van der Waals surface area contributed by atoms with Crippen molar-refractivity contribution in [2.45, 2.75) is 6.42 Å². The second-order valence-corrected chi connectivity index (χ2v) is 3.52. The summed E-state index contributed by atoms with van der Waals surface area (Å²) in [6.07, 6.45) is 3.42. The summed E-state index contributed by atoms with van der Waals surface area (Å²) >= 11 is 0. The first-order valence-corrected chi connectivity index (χ1v) is 5.05. The van der Waals surface area contributed by atoms with Crippen LogP contribution < -0.4 is 5.32 Å². The molecule has 84 valence electrons. The van der Waals surface area contributed by atoms with Crippen LogP contribution in [0.25, 0.3) is 0 Å². The maximum absolute atomic E-state index is 11.6. The highest BCUT2D eigenvalue weighted by Gasteiger charge is 2.04. The van der Waals surface area contributed by atoms with E-state index in [1.165, 1.54) is 6.20 Å². The lowest BCUT2D eigenvalue weighted by molar-refractivity contribution is -0.115. The van der Waals surface area contributed by atoms with E-state index >= 15 is 0 Å². The summed E-state index contributed by atoms with van der Waals surface area (Å²) in [4.78, 5) is 11.6. The molecule has 2 N–H and O–H groups in total. The molecule has 2 aromatic rings. The molecular formula is C12H10N4O. The molecule has 1 amide bonds. The van der Waals surface area contributed by atoms with Crippen LogP contribution in [0.5, 0.6) is 0 Å². The zero-order chi connectivity index (χ0) is 12.1. The van der Waals surface area contributed by atoms with Gasteiger partial charge in [0.05, 0.1) is 29.9 Å². The Morgan fingerprint density at radius 1 is 1.41 bits per heavy atom. The van der Waals surface area contributed by atoms with Crippen LogP contribution in [0.3, 0.4) is 0 Å². The van der Waals surface area contributed by atoms with E-state index in [4.69, 9.17) is 5.26 Å². The van der Waals surface area contributed by atoms with Crippen LogP contribution >= 0.6 is 0 Å². The first-order chi connectivity index (χ1) is 8.28. The molecule has 0 bridgehead atoms. The lowest BCUT2D eigenvalue weighted by atomic mass is 10.1. The van der Waals surface area contributed by atoms with Crippen molar-refractivity contribution < 1.29 is 4.79 Å². The minimum atomic E-state index is -0.115. The summed E-state index contributed by atoms with van der Waals surface area (Å²) in [5.74, 6) is -0.115. The maximum Gasteiger partial charge on any atom is 0.228 e. The minimum Gasteiger partial charge on any atom is -0.323 e. The quantitative estimate of drug-likeness (QED) is 0.831. The van der Waals surface area contributed by atoms with Gasteiger partial charge >= 0.3 is 0 Å². The Kier molecular flexibility index (Phi) is 3.17. The van der Waals surface area contributed by atoms with E-state index < -0.39 is 0 Å². The van der Waals surface area contributed by atoms with Crippen molar-refractivity contribution in [1.82, 2.24) is 10.2 Å².